The molecule has 1 unspecified atom stereocenters. The highest BCUT2D eigenvalue weighted by atomic mass is 19.1. The molecule has 3 rings (SSSR count). The molecule has 0 aliphatic rings. The monoisotopic (exact) mass is 384 g/mol. The summed E-state index contributed by atoms with van der Waals surface area (Å²) in [6.07, 6.45) is -3.45. The van der Waals surface area contributed by atoms with Crippen LogP contribution in [0.25, 0.3) is 11.3 Å². The summed E-state index contributed by atoms with van der Waals surface area (Å²) >= 11 is 0. The number of benzene rings is 2. The normalized spacial score (nSPS) is 14.4. The molecule has 146 valence electrons. The molecular formula is C21H21FN2O4. The molecule has 1 aromatic heterocycles. The van der Waals surface area contributed by atoms with E-state index in [2.05, 4.69) is 4.98 Å². The highest BCUT2D eigenvalue weighted by molar-refractivity contribution is 5.61. The fourth-order valence-electron chi connectivity index (χ4n) is 2.66. The molecule has 1 heterocycles. The number of nitrogens with zero attached hydrogens (tertiary/aromatic N) is 1. The molecule has 0 bridgehead atoms. The number of nitrogens with two attached hydrogens (primary N) is 1. The Kier molecular flexibility index (Phi) is 6.01. The molecule has 28 heavy (non-hydrogen) atoms. The van der Waals surface area contributed by atoms with Gasteiger partial charge in [-0.3, -0.25) is 0 Å². The molecule has 0 aliphatic carbocycles. The molecule has 7 heteroatoms. The van der Waals surface area contributed by atoms with E-state index in [4.69, 9.17) is 10.5 Å². The molecule has 0 amide bonds. The van der Waals surface area contributed by atoms with Gasteiger partial charge in [0.15, 0.2) is 0 Å². The van der Waals surface area contributed by atoms with Crippen molar-refractivity contribution in [1.82, 2.24) is 4.98 Å². The summed E-state index contributed by atoms with van der Waals surface area (Å²) in [6, 6.07) is 15.7. The maximum atomic E-state index is 13.0. The second kappa shape index (κ2) is 8.45. The average molecular weight is 384 g/mol. The first-order valence-corrected chi connectivity index (χ1v) is 8.69. The van der Waals surface area contributed by atoms with Gasteiger partial charge in [0.05, 0.1) is 17.5 Å². The van der Waals surface area contributed by atoms with Gasteiger partial charge in [-0.1, -0.05) is 0 Å². The van der Waals surface area contributed by atoms with E-state index in [1.54, 1.807) is 30.3 Å². The van der Waals surface area contributed by atoms with E-state index < -0.39 is 18.4 Å². The van der Waals surface area contributed by atoms with Crippen LogP contribution in [0.3, 0.4) is 0 Å². The van der Waals surface area contributed by atoms with E-state index in [9.17, 15) is 19.7 Å². The Morgan fingerprint density at radius 3 is 2.04 bits per heavy atom. The maximum Gasteiger partial charge on any atom is 0.145 e. The van der Waals surface area contributed by atoms with E-state index in [-0.39, 0.29) is 11.5 Å². The van der Waals surface area contributed by atoms with Crippen molar-refractivity contribution >= 4 is 0 Å². The third kappa shape index (κ3) is 4.71. The first kappa shape index (κ1) is 19.9. The van der Waals surface area contributed by atoms with Crippen molar-refractivity contribution < 1.29 is 24.4 Å². The minimum absolute atomic E-state index is 0.179. The van der Waals surface area contributed by atoms with Crippen molar-refractivity contribution in [1.29, 1.82) is 0 Å². The van der Waals surface area contributed by atoms with Crippen LogP contribution in [0.2, 0.25) is 0 Å². The molecule has 0 radical (unpaired) electrons. The Morgan fingerprint density at radius 2 is 1.50 bits per heavy atom. The van der Waals surface area contributed by atoms with Gasteiger partial charge < -0.3 is 25.8 Å². The Bertz CT molecular complexity index is 928. The van der Waals surface area contributed by atoms with Crippen LogP contribution in [0.1, 0.15) is 30.5 Å². The Morgan fingerprint density at radius 1 is 0.929 bits per heavy atom. The second-order valence-electron chi connectivity index (χ2n) is 6.42. The number of hydrogen-bond donors (Lipinski definition) is 4. The second-order valence-corrected chi connectivity index (χ2v) is 6.42. The predicted molar refractivity (Wildman–Crippen MR) is 102 cm³/mol. The van der Waals surface area contributed by atoms with Crippen molar-refractivity contribution in [2.24, 2.45) is 5.73 Å². The lowest BCUT2D eigenvalue weighted by atomic mass is 10.0. The molecule has 5 N–H and O–H groups in total. The summed E-state index contributed by atoms with van der Waals surface area (Å²) in [5.41, 5.74) is 7.28. The van der Waals surface area contributed by atoms with Gasteiger partial charge in [0.2, 0.25) is 0 Å². The standard InChI is InChI=1S/C21H21FN2O4/c1-12(25)20(26)14-10-18(24-19(11-14)21(23)27)13-2-6-16(7-3-13)28-17-8-4-15(22)5-9-17/h2-12,20-21,25-27H,23H2,1H3/t12-,20+,21?/m1/s1. The fraction of sp³-hybridized carbons (Fsp3) is 0.190. The molecule has 0 saturated carbocycles. The smallest absolute Gasteiger partial charge is 0.145 e. The van der Waals surface area contributed by atoms with Crippen molar-refractivity contribution in [3.63, 3.8) is 0 Å². The first-order chi connectivity index (χ1) is 13.3. The third-order valence-electron chi connectivity index (χ3n) is 4.17. The van der Waals surface area contributed by atoms with Crippen LogP contribution in [0, 0.1) is 5.82 Å². The quantitative estimate of drug-likeness (QED) is 0.487. The fourth-order valence-corrected chi connectivity index (χ4v) is 2.66. The van der Waals surface area contributed by atoms with Crippen LogP contribution in [-0.2, 0) is 0 Å². The molecule has 3 aromatic rings. The number of aromatic nitrogens is 1. The Labute approximate surface area is 161 Å². The van der Waals surface area contributed by atoms with Gasteiger partial charge in [-0.05, 0) is 73.2 Å². The summed E-state index contributed by atoms with van der Waals surface area (Å²) in [6.45, 7) is 1.46. The minimum Gasteiger partial charge on any atom is -0.457 e. The number of hydrogen-bond acceptors (Lipinski definition) is 6. The van der Waals surface area contributed by atoms with Crippen LogP contribution in [0.15, 0.2) is 60.7 Å². The highest BCUT2D eigenvalue weighted by Gasteiger charge is 2.18. The summed E-state index contributed by atoms with van der Waals surface area (Å²) in [5, 5.41) is 29.5. The topological polar surface area (TPSA) is 109 Å². The first-order valence-electron chi connectivity index (χ1n) is 8.69. The maximum absolute atomic E-state index is 13.0. The summed E-state index contributed by atoms with van der Waals surface area (Å²) < 4.78 is 18.6. The predicted octanol–water partition coefficient (Wildman–Crippen LogP) is 3.04. The van der Waals surface area contributed by atoms with Crippen LogP contribution in [0.5, 0.6) is 11.5 Å². The van der Waals surface area contributed by atoms with E-state index in [1.165, 1.54) is 37.3 Å². The van der Waals surface area contributed by atoms with Crippen LogP contribution < -0.4 is 10.5 Å². The average Bonchev–Trinajstić information content (AvgIpc) is 2.69. The molecular weight excluding hydrogens is 363 g/mol. The number of aliphatic hydroxyl groups is 3. The number of ether oxygens (including phenoxy) is 1. The zero-order valence-corrected chi connectivity index (χ0v) is 15.2. The van der Waals surface area contributed by atoms with Gasteiger partial charge in [-0.15, -0.1) is 0 Å². The highest BCUT2D eigenvalue weighted by Crippen LogP contribution is 2.28. The van der Waals surface area contributed by atoms with Gasteiger partial charge in [0, 0.05) is 5.56 Å². The molecule has 3 atom stereocenters. The summed E-state index contributed by atoms with van der Waals surface area (Å²) in [4.78, 5) is 4.32. The molecule has 0 saturated heterocycles. The van der Waals surface area contributed by atoms with E-state index in [1.807, 2.05) is 0 Å². The van der Waals surface area contributed by atoms with Gasteiger partial charge in [0.25, 0.3) is 0 Å². The summed E-state index contributed by atoms with van der Waals surface area (Å²) in [7, 11) is 0. The minimum atomic E-state index is -1.32. The van der Waals surface area contributed by atoms with Crippen LogP contribution in [0.4, 0.5) is 4.39 Å². The van der Waals surface area contributed by atoms with Crippen molar-refractivity contribution in [3.8, 4) is 22.8 Å². The zero-order chi connectivity index (χ0) is 20.3. The van der Waals surface area contributed by atoms with E-state index in [0.29, 0.717) is 28.3 Å². The number of aliphatic hydroxyl groups excluding tert-OH is 3. The molecule has 2 aromatic carbocycles. The number of pyridine rings is 1. The van der Waals surface area contributed by atoms with Gasteiger partial charge in [-0.25, -0.2) is 9.37 Å². The van der Waals surface area contributed by atoms with Crippen LogP contribution >= 0.6 is 0 Å². The molecule has 0 fully saturated rings. The molecule has 0 aliphatic heterocycles. The van der Waals surface area contributed by atoms with Crippen molar-refractivity contribution in [3.05, 3.63) is 77.7 Å². The van der Waals surface area contributed by atoms with Crippen molar-refractivity contribution in [2.45, 2.75) is 25.4 Å². The van der Waals surface area contributed by atoms with Gasteiger partial charge >= 0.3 is 0 Å². The van der Waals surface area contributed by atoms with Gasteiger partial charge in [-0.2, -0.15) is 0 Å². The molecule has 0 spiro atoms. The van der Waals surface area contributed by atoms with E-state index >= 15 is 0 Å². The lowest BCUT2D eigenvalue weighted by Gasteiger charge is -2.17. The van der Waals surface area contributed by atoms with E-state index in [0.717, 1.165) is 0 Å². The largest absolute Gasteiger partial charge is 0.457 e. The molecule has 6 nitrogen and oxygen atoms in total. The van der Waals surface area contributed by atoms with Gasteiger partial charge in [0.1, 0.15) is 29.6 Å². The Hall–Kier alpha value is -2.84. The lowest BCUT2D eigenvalue weighted by molar-refractivity contribution is 0.0303. The lowest BCUT2D eigenvalue weighted by Crippen LogP contribution is -2.17. The zero-order valence-electron chi connectivity index (χ0n) is 15.2. The summed E-state index contributed by atoms with van der Waals surface area (Å²) in [5.74, 6) is 0.711. The van der Waals surface area contributed by atoms with Crippen molar-refractivity contribution in [2.75, 3.05) is 0 Å². The Balaban J connectivity index is 1.88. The third-order valence-corrected chi connectivity index (χ3v) is 4.17. The number of rotatable bonds is 6. The SMILES string of the molecule is C[C@@H](O)[C@H](O)c1cc(-c2ccc(Oc3ccc(F)cc3)cc2)nc(C(N)O)c1. The van der Waals surface area contributed by atoms with Crippen LogP contribution in [-0.4, -0.2) is 26.4 Å². The number of halogens is 1.